The number of methoxy groups -OCH3 is 1. The van der Waals surface area contributed by atoms with Crippen LogP contribution in [0.4, 0.5) is 0 Å². The lowest BCUT2D eigenvalue weighted by molar-refractivity contribution is 0.0938. The minimum absolute atomic E-state index is 0.208. The predicted octanol–water partition coefficient (Wildman–Crippen LogP) is 3.61. The number of nitrogens with one attached hydrogen (secondary N) is 1. The molecular formula is C20H18N2O2. The van der Waals surface area contributed by atoms with Crippen LogP contribution in [-0.4, -0.2) is 18.0 Å². The maximum atomic E-state index is 12.5. The Bertz CT molecular complexity index is 787. The van der Waals surface area contributed by atoms with Crippen molar-refractivity contribution in [3.05, 3.63) is 95.8 Å². The second-order valence-corrected chi connectivity index (χ2v) is 5.31. The van der Waals surface area contributed by atoms with Gasteiger partial charge in [0.2, 0.25) is 0 Å². The number of aromatic nitrogens is 1. The van der Waals surface area contributed by atoms with Crippen molar-refractivity contribution in [1.82, 2.24) is 10.3 Å². The minimum Gasteiger partial charge on any atom is -0.497 e. The fraction of sp³-hybridized carbons (Fsp3) is 0.100. The van der Waals surface area contributed by atoms with E-state index >= 15 is 0 Å². The van der Waals surface area contributed by atoms with Crippen molar-refractivity contribution in [2.24, 2.45) is 0 Å². The Morgan fingerprint density at radius 2 is 1.58 bits per heavy atom. The van der Waals surface area contributed by atoms with Gasteiger partial charge in [0.25, 0.3) is 5.91 Å². The van der Waals surface area contributed by atoms with Gasteiger partial charge >= 0.3 is 0 Å². The lowest BCUT2D eigenvalue weighted by Crippen LogP contribution is -2.29. The molecule has 120 valence electrons. The van der Waals surface area contributed by atoms with Crippen LogP contribution in [0.2, 0.25) is 0 Å². The molecule has 4 nitrogen and oxygen atoms in total. The van der Waals surface area contributed by atoms with Crippen LogP contribution in [-0.2, 0) is 0 Å². The molecule has 1 atom stereocenters. The number of ether oxygens (including phenoxy) is 1. The third kappa shape index (κ3) is 3.60. The van der Waals surface area contributed by atoms with Crippen LogP contribution >= 0.6 is 0 Å². The molecule has 3 rings (SSSR count). The van der Waals surface area contributed by atoms with Gasteiger partial charge in [-0.05, 0) is 35.4 Å². The second-order valence-electron chi connectivity index (χ2n) is 5.31. The van der Waals surface area contributed by atoms with Gasteiger partial charge in [0.05, 0.1) is 13.2 Å². The Morgan fingerprint density at radius 1 is 0.917 bits per heavy atom. The predicted molar refractivity (Wildman–Crippen MR) is 93.0 cm³/mol. The third-order valence-corrected chi connectivity index (χ3v) is 3.76. The summed E-state index contributed by atoms with van der Waals surface area (Å²) < 4.78 is 5.21. The van der Waals surface area contributed by atoms with E-state index in [1.165, 1.54) is 0 Å². The van der Waals surface area contributed by atoms with E-state index in [-0.39, 0.29) is 11.9 Å². The molecule has 1 aromatic heterocycles. The summed E-state index contributed by atoms with van der Waals surface area (Å²) in [7, 11) is 1.63. The zero-order chi connectivity index (χ0) is 16.8. The van der Waals surface area contributed by atoms with E-state index in [1.54, 1.807) is 31.5 Å². The van der Waals surface area contributed by atoms with E-state index in [9.17, 15) is 4.79 Å². The maximum Gasteiger partial charge on any atom is 0.270 e. The Hall–Kier alpha value is -3.14. The van der Waals surface area contributed by atoms with Crippen LogP contribution in [0.15, 0.2) is 79.0 Å². The molecule has 0 aliphatic carbocycles. The molecule has 1 amide bonds. The average Bonchev–Trinajstić information content (AvgIpc) is 2.67. The van der Waals surface area contributed by atoms with Gasteiger partial charge in [-0.25, -0.2) is 0 Å². The van der Waals surface area contributed by atoms with Crippen LogP contribution in [0.3, 0.4) is 0 Å². The molecule has 4 heteroatoms. The number of benzene rings is 2. The van der Waals surface area contributed by atoms with E-state index in [0.717, 1.165) is 16.9 Å². The molecule has 0 saturated carbocycles. The first-order valence-electron chi connectivity index (χ1n) is 7.69. The number of carbonyl (C=O) groups excluding carboxylic acids is 1. The van der Waals surface area contributed by atoms with Gasteiger partial charge in [-0.1, -0.05) is 48.5 Å². The van der Waals surface area contributed by atoms with Crippen LogP contribution in [0.1, 0.15) is 27.7 Å². The van der Waals surface area contributed by atoms with E-state index in [2.05, 4.69) is 10.3 Å². The Labute approximate surface area is 141 Å². The number of nitrogens with zero attached hydrogens (tertiary/aromatic N) is 1. The Morgan fingerprint density at radius 3 is 2.21 bits per heavy atom. The first kappa shape index (κ1) is 15.7. The lowest BCUT2D eigenvalue weighted by Gasteiger charge is -2.20. The van der Waals surface area contributed by atoms with E-state index < -0.39 is 0 Å². The lowest BCUT2D eigenvalue weighted by atomic mass is 9.98. The number of amides is 1. The average molecular weight is 318 g/mol. The van der Waals surface area contributed by atoms with Crippen molar-refractivity contribution >= 4 is 5.91 Å². The summed E-state index contributed by atoms with van der Waals surface area (Å²) in [6, 6.07) is 22.6. The molecule has 0 fully saturated rings. The van der Waals surface area contributed by atoms with Gasteiger partial charge in [0.1, 0.15) is 11.4 Å². The highest BCUT2D eigenvalue weighted by atomic mass is 16.5. The molecule has 0 spiro atoms. The molecule has 0 aliphatic heterocycles. The van der Waals surface area contributed by atoms with Gasteiger partial charge < -0.3 is 10.1 Å². The molecule has 0 aliphatic rings. The molecule has 0 unspecified atom stereocenters. The summed E-state index contributed by atoms with van der Waals surface area (Å²) in [5, 5.41) is 3.06. The van der Waals surface area contributed by atoms with Crippen molar-refractivity contribution in [2.75, 3.05) is 7.11 Å². The molecule has 0 bridgehead atoms. The number of hydrogen-bond donors (Lipinski definition) is 1. The highest BCUT2D eigenvalue weighted by molar-refractivity contribution is 5.92. The zero-order valence-corrected chi connectivity index (χ0v) is 13.3. The summed E-state index contributed by atoms with van der Waals surface area (Å²) in [6.45, 7) is 0. The van der Waals surface area contributed by atoms with Gasteiger partial charge in [0, 0.05) is 6.20 Å². The molecular weight excluding hydrogens is 300 g/mol. The molecule has 1 N–H and O–H groups in total. The molecule has 24 heavy (non-hydrogen) atoms. The summed E-state index contributed by atoms with van der Waals surface area (Å²) in [5.41, 5.74) is 2.38. The highest BCUT2D eigenvalue weighted by Gasteiger charge is 2.18. The molecule has 0 radical (unpaired) electrons. The first-order valence-corrected chi connectivity index (χ1v) is 7.69. The Balaban J connectivity index is 1.91. The molecule has 1 heterocycles. The first-order chi connectivity index (χ1) is 11.8. The fourth-order valence-electron chi connectivity index (χ4n) is 2.50. The van der Waals surface area contributed by atoms with E-state index in [0.29, 0.717) is 5.69 Å². The molecule has 0 saturated heterocycles. The van der Waals surface area contributed by atoms with Crippen molar-refractivity contribution in [3.63, 3.8) is 0 Å². The fourth-order valence-corrected chi connectivity index (χ4v) is 2.50. The molecule has 2 aromatic carbocycles. The maximum absolute atomic E-state index is 12.5. The third-order valence-electron chi connectivity index (χ3n) is 3.76. The van der Waals surface area contributed by atoms with Crippen LogP contribution in [0.5, 0.6) is 5.75 Å². The van der Waals surface area contributed by atoms with Gasteiger partial charge in [-0.2, -0.15) is 0 Å². The Kier molecular flexibility index (Phi) is 4.87. The summed E-state index contributed by atoms with van der Waals surface area (Å²) >= 11 is 0. The van der Waals surface area contributed by atoms with Gasteiger partial charge in [-0.15, -0.1) is 0 Å². The van der Waals surface area contributed by atoms with E-state index in [1.807, 2.05) is 54.6 Å². The monoisotopic (exact) mass is 318 g/mol. The standard InChI is InChI=1S/C20H18N2O2/c1-24-17-12-10-16(11-13-17)19(15-7-3-2-4-8-15)22-20(23)18-9-5-6-14-21-18/h2-14,19H,1H3,(H,22,23)/t19-/m0/s1. The van der Waals surface area contributed by atoms with Crippen molar-refractivity contribution in [2.45, 2.75) is 6.04 Å². The summed E-state index contributed by atoms with van der Waals surface area (Å²) in [4.78, 5) is 16.6. The minimum atomic E-state index is -0.258. The largest absolute Gasteiger partial charge is 0.497 e. The number of carbonyl (C=O) groups is 1. The number of pyridine rings is 1. The summed E-state index contributed by atoms with van der Waals surface area (Å²) in [6.07, 6.45) is 1.61. The van der Waals surface area contributed by atoms with Crippen LogP contribution in [0, 0.1) is 0 Å². The van der Waals surface area contributed by atoms with Gasteiger partial charge in [-0.3, -0.25) is 9.78 Å². The van der Waals surface area contributed by atoms with Crippen LogP contribution in [0.25, 0.3) is 0 Å². The summed E-state index contributed by atoms with van der Waals surface area (Å²) in [5.74, 6) is 0.571. The highest BCUT2D eigenvalue weighted by Crippen LogP contribution is 2.24. The number of hydrogen-bond acceptors (Lipinski definition) is 3. The topological polar surface area (TPSA) is 51.2 Å². The smallest absolute Gasteiger partial charge is 0.270 e. The molecule has 3 aromatic rings. The van der Waals surface area contributed by atoms with Gasteiger partial charge in [0.15, 0.2) is 0 Å². The quantitative estimate of drug-likeness (QED) is 0.782. The van der Waals surface area contributed by atoms with Crippen molar-refractivity contribution < 1.29 is 9.53 Å². The normalized spacial score (nSPS) is 11.5. The van der Waals surface area contributed by atoms with Crippen molar-refractivity contribution in [3.8, 4) is 5.75 Å². The van der Waals surface area contributed by atoms with E-state index in [4.69, 9.17) is 4.74 Å². The SMILES string of the molecule is COc1ccc([C@@H](NC(=O)c2ccccn2)c2ccccc2)cc1. The number of rotatable bonds is 5. The second kappa shape index (κ2) is 7.42. The van der Waals surface area contributed by atoms with Crippen LogP contribution < -0.4 is 10.1 Å². The zero-order valence-electron chi connectivity index (χ0n) is 13.3. The van der Waals surface area contributed by atoms with Crippen molar-refractivity contribution in [1.29, 1.82) is 0 Å².